The van der Waals surface area contributed by atoms with Crippen LogP contribution in [0.3, 0.4) is 0 Å². The molecule has 24 heavy (non-hydrogen) atoms. The Bertz CT molecular complexity index is 672. The molecule has 1 fully saturated rings. The maximum absolute atomic E-state index is 13.1. The molecule has 1 amide bonds. The summed E-state index contributed by atoms with van der Waals surface area (Å²) in [5.41, 5.74) is 0.935. The second-order valence-corrected chi connectivity index (χ2v) is 6.00. The summed E-state index contributed by atoms with van der Waals surface area (Å²) >= 11 is 0. The Kier molecular flexibility index (Phi) is 5.17. The number of amides is 1. The number of aliphatic hydroxyl groups is 1. The largest absolute Gasteiger partial charge is 0.496 e. The summed E-state index contributed by atoms with van der Waals surface area (Å²) in [5, 5.41) is 13.1. The highest BCUT2D eigenvalue weighted by atomic mass is 16.5. The number of carbonyl (C=O) groups is 1. The number of fused-ring (bicyclic) bond motifs is 1. The molecule has 0 bridgehead atoms. The van der Waals surface area contributed by atoms with Crippen molar-refractivity contribution in [3.05, 3.63) is 27.7 Å². The van der Waals surface area contributed by atoms with Crippen molar-refractivity contribution in [3.8, 4) is 5.75 Å². The lowest BCUT2D eigenvalue weighted by molar-refractivity contribution is 0.0533. The minimum Gasteiger partial charge on any atom is -0.496 e. The standard InChI is InChI=1S/C16H23N3O5/c1-23-13-8-14(21)19-5-4-17-3-2-12(19)15(13)16(22)18-6-7-24-10-11(20)9-18/h8,11,17,20H,2-7,9-10H2,1H3/t11-/m1/s1. The Morgan fingerprint density at radius 1 is 1.42 bits per heavy atom. The van der Waals surface area contributed by atoms with Gasteiger partial charge in [-0.15, -0.1) is 0 Å². The molecule has 2 aliphatic heterocycles. The summed E-state index contributed by atoms with van der Waals surface area (Å²) in [4.78, 5) is 27.0. The van der Waals surface area contributed by atoms with Gasteiger partial charge in [-0.1, -0.05) is 0 Å². The summed E-state index contributed by atoms with van der Waals surface area (Å²) in [6.07, 6.45) is -0.144. The first-order valence-electron chi connectivity index (χ1n) is 8.18. The fourth-order valence-electron chi connectivity index (χ4n) is 3.23. The van der Waals surface area contributed by atoms with Crippen molar-refractivity contribution < 1.29 is 19.4 Å². The van der Waals surface area contributed by atoms with E-state index >= 15 is 0 Å². The minimum atomic E-state index is -0.714. The summed E-state index contributed by atoms with van der Waals surface area (Å²) in [5.74, 6) is 0.0554. The number of aromatic nitrogens is 1. The molecule has 0 radical (unpaired) electrons. The molecule has 8 heteroatoms. The van der Waals surface area contributed by atoms with Crippen molar-refractivity contribution in [1.29, 1.82) is 0 Å². The molecule has 8 nitrogen and oxygen atoms in total. The highest BCUT2D eigenvalue weighted by molar-refractivity contribution is 5.98. The molecule has 1 saturated heterocycles. The average molecular weight is 337 g/mol. The first kappa shape index (κ1) is 16.9. The van der Waals surface area contributed by atoms with Crippen molar-refractivity contribution in [2.75, 3.05) is 46.5 Å². The van der Waals surface area contributed by atoms with E-state index in [0.29, 0.717) is 50.5 Å². The summed E-state index contributed by atoms with van der Waals surface area (Å²) in [6, 6.07) is 1.37. The Balaban J connectivity index is 2.05. The van der Waals surface area contributed by atoms with Crippen molar-refractivity contribution >= 4 is 5.91 Å². The SMILES string of the molecule is COc1cc(=O)n2c(c1C(=O)N1CCOC[C@H](O)C1)CCNCC2. The molecule has 3 rings (SSSR count). The zero-order chi connectivity index (χ0) is 17.1. The number of nitrogens with zero attached hydrogens (tertiary/aromatic N) is 2. The predicted octanol–water partition coefficient (Wildman–Crippen LogP) is -1.16. The smallest absolute Gasteiger partial charge is 0.259 e. The number of methoxy groups -OCH3 is 1. The number of β-amino-alcohol motifs (C(OH)–C–C–N with tert-alkyl or cyclic N) is 1. The van der Waals surface area contributed by atoms with E-state index in [4.69, 9.17) is 9.47 Å². The second kappa shape index (κ2) is 7.33. The van der Waals surface area contributed by atoms with E-state index in [9.17, 15) is 14.7 Å². The van der Waals surface area contributed by atoms with E-state index in [1.807, 2.05) is 0 Å². The molecule has 0 aliphatic carbocycles. The molecule has 0 unspecified atom stereocenters. The van der Waals surface area contributed by atoms with E-state index in [1.165, 1.54) is 13.2 Å². The zero-order valence-electron chi connectivity index (χ0n) is 13.8. The molecule has 0 saturated carbocycles. The number of nitrogens with one attached hydrogen (secondary N) is 1. The highest BCUT2D eigenvalue weighted by Gasteiger charge is 2.29. The lowest BCUT2D eigenvalue weighted by Gasteiger charge is -2.25. The quantitative estimate of drug-likeness (QED) is 0.707. The number of rotatable bonds is 2. The van der Waals surface area contributed by atoms with Crippen LogP contribution in [0.2, 0.25) is 0 Å². The molecule has 1 aromatic rings. The van der Waals surface area contributed by atoms with Crippen molar-refractivity contribution in [2.24, 2.45) is 0 Å². The third-order valence-electron chi connectivity index (χ3n) is 4.40. The first-order chi connectivity index (χ1) is 11.6. The second-order valence-electron chi connectivity index (χ2n) is 6.00. The van der Waals surface area contributed by atoms with Gasteiger partial charge < -0.3 is 29.4 Å². The van der Waals surface area contributed by atoms with Gasteiger partial charge in [-0.2, -0.15) is 0 Å². The molecule has 1 atom stereocenters. The Hall–Kier alpha value is -1.90. The molecule has 3 heterocycles. The van der Waals surface area contributed by atoms with Gasteiger partial charge in [0.15, 0.2) is 0 Å². The van der Waals surface area contributed by atoms with E-state index in [0.717, 1.165) is 0 Å². The van der Waals surface area contributed by atoms with Gasteiger partial charge >= 0.3 is 0 Å². The van der Waals surface area contributed by atoms with Crippen LogP contribution in [0, 0.1) is 0 Å². The molecular formula is C16H23N3O5. The van der Waals surface area contributed by atoms with Gasteiger partial charge in [-0.05, 0) is 0 Å². The van der Waals surface area contributed by atoms with Crippen molar-refractivity contribution in [3.63, 3.8) is 0 Å². The maximum Gasteiger partial charge on any atom is 0.259 e. The van der Waals surface area contributed by atoms with Crippen LogP contribution >= 0.6 is 0 Å². The molecule has 2 N–H and O–H groups in total. The summed E-state index contributed by atoms with van der Waals surface area (Å²) < 4.78 is 12.3. The van der Waals surface area contributed by atoms with Gasteiger partial charge in [0.1, 0.15) is 11.3 Å². The van der Waals surface area contributed by atoms with E-state index in [-0.39, 0.29) is 30.4 Å². The van der Waals surface area contributed by atoms with Crippen LogP contribution in [-0.2, 0) is 17.7 Å². The topological polar surface area (TPSA) is 93.0 Å². The van der Waals surface area contributed by atoms with Gasteiger partial charge in [0.2, 0.25) is 0 Å². The monoisotopic (exact) mass is 337 g/mol. The zero-order valence-corrected chi connectivity index (χ0v) is 13.8. The van der Waals surface area contributed by atoms with Gasteiger partial charge in [-0.25, -0.2) is 0 Å². The molecule has 0 spiro atoms. The maximum atomic E-state index is 13.1. The van der Waals surface area contributed by atoms with Crippen LogP contribution in [0.15, 0.2) is 10.9 Å². The summed E-state index contributed by atoms with van der Waals surface area (Å²) in [7, 11) is 1.46. The fraction of sp³-hybridized carbons (Fsp3) is 0.625. The first-order valence-corrected chi connectivity index (χ1v) is 8.18. The number of carbonyl (C=O) groups excluding carboxylic acids is 1. The number of hydrogen-bond donors (Lipinski definition) is 2. The Morgan fingerprint density at radius 2 is 2.25 bits per heavy atom. The summed E-state index contributed by atoms with van der Waals surface area (Å²) in [6.45, 7) is 3.10. The van der Waals surface area contributed by atoms with Gasteiger partial charge in [0.25, 0.3) is 11.5 Å². The van der Waals surface area contributed by atoms with E-state index in [1.54, 1.807) is 9.47 Å². The van der Waals surface area contributed by atoms with Crippen LogP contribution in [0.25, 0.3) is 0 Å². The van der Waals surface area contributed by atoms with Crippen LogP contribution < -0.4 is 15.6 Å². The average Bonchev–Trinajstić information content (AvgIpc) is 2.94. The fourth-order valence-corrected chi connectivity index (χ4v) is 3.23. The lowest BCUT2D eigenvalue weighted by Crippen LogP contribution is -2.39. The number of ether oxygens (including phenoxy) is 2. The molecule has 1 aromatic heterocycles. The Morgan fingerprint density at radius 3 is 3.04 bits per heavy atom. The van der Waals surface area contributed by atoms with E-state index in [2.05, 4.69) is 5.32 Å². The molecule has 132 valence electrons. The molecular weight excluding hydrogens is 314 g/mol. The number of pyridine rings is 1. The lowest BCUT2D eigenvalue weighted by atomic mass is 10.1. The third kappa shape index (κ3) is 3.31. The number of hydrogen-bond acceptors (Lipinski definition) is 6. The van der Waals surface area contributed by atoms with Gasteiger partial charge in [0.05, 0.1) is 26.4 Å². The predicted molar refractivity (Wildman–Crippen MR) is 86.6 cm³/mol. The van der Waals surface area contributed by atoms with Crippen LogP contribution in [-0.4, -0.2) is 73.1 Å². The normalized spacial score (nSPS) is 21.6. The van der Waals surface area contributed by atoms with Gasteiger partial charge in [-0.3, -0.25) is 9.59 Å². The van der Waals surface area contributed by atoms with Crippen molar-refractivity contribution in [2.45, 2.75) is 19.1 Å². The number of aliphatic hydroxyl groups excluding tert-OH is 1. The van der Waals surface area contributed by atoms with Crippen LogP contribution in [0.4, 0.5) is 0 Å². The van der Waals surface area contributed by atoms with Crippen LogP contribution in [0.1, 0.15) is 16.1 Å². The van der Waals surface area contributed by atoms with E-state index < -0.39 is 6.10 Å². The van der Waals surface area contributed by atoms with Crippen LogP contribution in [0.5, 0.6) is 5.75 Å². The highest BCUT2D eigenvalue weighted by Crippen LogP contribution is 2.24. The molecule has 0 aromatic carbocycles. The third-order valence-corrected chi connectivity index (χ3v) is 4.40. The minimum absolute atomic E-state index is 0.165. The van der Waals surface area contributed by atoms with Gasteiger partial charge in [0, 0.05) is 50.9 Å². The Labute approximate surface area is 140 Å². The van der Waals surface area contributed by atoms with Crippen molar-refractivity contribution in [1.82, 2.24) is 14.8 Å². The molecule has 2 aliphatic rings.